The summed E-state index contributed by atoms with van der Waals surface area (Å²) in [5, 5.41) is 0. The van der Waals surface area contributed by atoms with Crippen molar-refractivity contribution in [2.75, 3.05) is 0 Å². The van der Waals surface area contributed by atoms with E-state index in [1.54, 1.807) is 0 Å². The van der Waals surface area contributed by atoms with E-state index in [1.807, 2.05) is 0 Å². The first-order valence-corrected chi connectivity index (χ1v) is 13.4. The topological polar surface area (TPSA) is 0 Å². The van der Waals surface area contributed by atoms with E-state index in [1.165, 1.54) is 61.2 Å². The molecule has 5 aromatic rings. The summed E-state index contributed by atoms with van der Waals surface area (Å²) in [6.45, 7) is 6.93. The molecule has 2 aliphatic rings. The molecular formula is C35H27Br. The van der Waals surface area contributed by atoms with E-state index >= 15 is 0 Å². The normalized spacial score (nSPS) is 17.0. The fraction of sp³-hybridized carbons (Fsp3) is 0.143. The monoisotopic (exact) mass is 526 g/mol. The molecule has 0 heterocycles. The van der Waals surface area contributed by atoms with E-state index in [0.29, 0.717) is 0 Å². The molecule has 1 spiro atoms. The smallest absolute Gasteiger partial charge is 0.0619 e. The summed E-state index contributed by atoms with van der Waals surface area (Å²) < 4.78 is 1.11. The molecule has 0 radical (unpaired) electrons. The van der Waals surface area contributed by atoms with E-state index in [9.17, 15) is 0 Å². The van der Waals surface area contributed by atoms with Crippen molar-refractivity contribution in [2.24, 2.45) is 0 Å². The van der Waals surface area contributed by atoms with Crippen LogP contribution in [0, 0.1) is 0 Å². The van der Waals surface area contributed by atoms with Crippen molar-refractivity contribution in [1.82, 2.24) is 0 Å². The zero-order valence-corrected chi connectivity index (χ0v) is 22.4. The van der Waals surface area contributed by atoms with Crippen LogP contribution in [0.5, 0.6) is 0 Å². The molecule has 0 saturated carbocycles. The Morgan fingerprint density at radius 3 is 1.53 bits per heavy atom. The Bertz CT molecular complexity index is 1680. The molecule has 0 saturated heterocycles. The Kier molecular flexibility index (Phi) is 4.57. The highest BCUT2D eigenvalue weighted by Gasteiger charge is 2.50. The predicted octanol–water partition coefficient (Wildman–Crippen LogP) is 9.76. The number of fused-ring (bicyclic) bond motifs is 12. The highest BCUT2D eigenvalue weighted by molar-refractivity contribution is 9.10. The molecule has 1 heteroatoms. The first-order chi connectivity index (χ1) is 17.4. The lowest BCUT2D eigenvalue weighted by Crippen LogP contribution is -2.30. The third kappa shape index (κ3) is 2.81. The Labute approximate surface area is 221 Å². The predicted molar refractivity (Wildman–Crippen MR) is 155 cm³/mol. The lowest BCUT2D eigenvalue weighted by Gasteiger charge is -2.36. The van der Waals surface area contributed by atoms with E-state index in [4.69, 9.17) is 0 Å². The lowest BCUT2D eigenvalue weighted by atomic mass is 9.65. The van der Waals surface area contributed by atoms with Crippen LogP contribution in [0.1, 0.15) is 48.6 Å². The van der Waals surface area contributed by atoms with Gasteiger partial charge in [0.05, 0.1) is 5.41 Å². The van der Waals surface area contributed by atoms with Gasteiger partial charge in [0, 0.05) is 4.47 Å². The number of rotatable bonds is 0. The quantitative estimate of drug-likeness (QED) is 0.184. The maximum absolute atomic E-state index is 3.85. The van der Waals surface area contributed by atoms with Gasteiger partial charge in [-0.3, -0.25) is 0 Å². The Morgan fingerprint density at radius 1 is 0.472 bits per heavy atom. The summed E-state index contributed by atoms with van der Waals surface area (Å²) in [6.07, 6.45) is 0. The molecule has 0 bridgehead atoms. The van der Waals surface area contributed by atoms with Gasteiger partial charge < -0.3 is 0 Å². The average molecular weight is 528 g/mol. The Balaban J connectivity index is 1.75. The van der Waals surface area contributed by atoms with Crippen molar-refractivity contribution in [2.45, 2.75) is 31.6 Å². The minimum atomic E-state index is -0.415. The van der Waals surface area contributed by atoms with Gasteiger partial charge in [-0.1, -0.05) is 134 Å². The molecule has 2 aliphatic carbocycles. The molecule has 0 aliphatic heterocycles. The van der Waals surface area contributed by atoms with Gasteiger partial charge in [-0.25, -0.2) is 0 Å². The fourth-order valence-electron chi connectivity index (χ4n) is 6.53. The molecule has 0 amide bonds. The van der Waals surface area contributed by atoms with Gasteiger partial charge in [0.15, 0.2) is 0 Å². The second-order valence-electron chi connectivity index (χ2n) is 11.1. The molecule has 5 aromatic carbocycles. The van der Waals surface area contributed by atoms with Crippen LogP contribution in [0.4, 0.5) is 0 Å². The van der Waals surface area contributed by atoms with Crippen molar-refractivity contribution < 1.29 is 0 Å². The summed E-state index contributed by atoms with van der Waals surface area (Å²) in [7, 11) is 0. The first-order valence-electron chi connectivity index (χ1n) is 12.6. The largest absolute Gasteiger partial charge is 0.0726 e. The molecular weight excluding hydrogens is 500 g/mol. The maximum Gasteiger partial charge on any atom is 0.0726 e. The van der Waals surface area contributed by atoms with Crippen LogP contribution in [0.15, 0.2) is 114 Å². The van der Waals surface area contributed by atoms with Gasteiger partial charge in [0.1, 0.15) is 0 Å². The summed E-state index contributed by atoms with van der Waals surface area (Å²) in [6, 6.07) is 41.0. The second-order valence-corrected chi connectivity index (χ2v) is 12.0. The standard InChI is InChI=1S/C35H27Br/c1-34(2,3)22-16-18-29-27-13-7-9-15-31(27)35(32(29)20-22)30-14-8-6-12-26(30)24-10-4-5-11-25(24)28-19-17-23(36)21-33(28)35/h4-21H,1-3H3. The third-order valence-corrected chi connectivity index (χ3v) is 8.63. The molecule has 0 N–H and O–H groups in total. The number of halogens is 1. The molecule has 0 fully saturated rings. The van der Waals surface area contributed by atoms with Crippen molar-refractivity contribution in [3.63, 3.8) is 0 Å². The highest BCUT2D eigenvalue weighted by atomic mass is 79.9. The van der Waals surface area contributed by atoms with Crippen LogP contribution in [-0.2, 0) is 10.8 Å². The van der Waals surface area contributed by atoms with E-state index in [-0.39, 0.29) is 5.41 Å². The summed E-state index contributed by atoms with van der Waals surface area (Å²) >= 11 is 3.85. The zero-order valence-electron chi connectivity index (χ0n) is 20.8. The zero-order chi connectivity index (χ0) is 24.7. The minimum absolute atomic E-state index is 0.0539. The van der Waals surface area contributed by atoms with E-state index < -0.39 is 5.41 Å². The van der Waals surface area contributed by atoms with Gasteiger partial charge in [-0.2, -0.15) is 0 Å². The first kappa shape index (κ1) is 21.8. The van der Waals surface area contributed by atoms with Crippen LogP contribution < -0.4 is 0 Å². The van der Waals surface area contributed by atoms with Crippen molar-refractivity contribution in [3.05, 3.63) is 141 Å². The van der Waals surface area contributed by atoms with Gasteiger partial charge >= 0.3 is 0 Å². The molecule has 36 heavy (non-hydrogen) atoms. The molecule has 174 valence electrons. The van der Waals surface area contributed by atoms with Crippen LogP contribution in [-0.4, -0.2) is 0 Å². The SMILES string of the molecule is CC(C)(C)c1ccc2c(c1)C1(c3ccccc3-c3ccccc3-c3ccc(Br)cc31)c1ccccc1-2. The molecule has 1 atom stereocenters. The van der Waals surface area contributed by atoms with Gasteiger partial charge in [-0.05, 0) is 78.7 Å². The number of hydrogen-bond donors (Lipinski definition) is 0. The van der Waals surface area contributed by atoms with Gasteiger partial charge in [-0.15, -0.1) is 0 Å². The molecule has 7 rings (SSSR count). The van der Waals surface area contributed by atoms with E-state index in [0.717, 1.165) is 4.47 Å². The Hall–Kier alpha value is -3.42. The third-order valence-electron chi connectivity index (χ3n) is 8.13. The summed E-state index contributed by atoms with van der Waals surface area (Å²) in [5.41, 5.74) is 14.3. The Morgan fingerprint density at radius 2 is 0.917 bits per heavy atom. The van der Waals surface area contributed by atoms with Crippen LogP contribution in [0.2, 0.25) is 0 Å². The molecule has 1 unspecified atom stereocenters. The average Bonchev–Trinajstić information content (AvgIpc) is 3.13. The minimum Gasteiger partial charge on any atom is -0.0619 e. The van der Waals surface area contributed by atoms with Crippen LogP contribution in [0.25, 0.3) is 33.4 Å². The van der Waals surface area contributed by atoms with E-state index in [2.05, 4.69) is 146 Å². The van der Waals surface area contributed by atoms with Crippen molar-refractivity contribution >= 4 is 15.9 Å². The van der Waals surface area contributed by atoms with Crippen molar-refractivity contribution in [1.29, 1.82) is 0 Å². The summed E-state index contributed by atoms with van der Waals surface area (Å²) in [5.74, 6) is 0. The number of benzene rings is 5. The van der Waals surface area contributed by atoms with Gasteiger partial charge in [0.2, 0.25) is 0 Å². The van der Waals surface area contributed by atoms with Gasteiger partial charge in [0.25, 0.3) is 0 Å². The van der Waals surface area contributed by atoms with Crippen LogP contribution in [0.3, 0.4) is 0 Å². The fourth-order valence-corrected chi connectivity index (χ4v) is 6.89. The lowest BCUT2D eigenvalue weighted by molar-refractivity contribution is 0.588. The highest BCUT2D eigenvalue weighted by Crippen LogP contribution is 2.61. The molecule has 0 aromatic heterocycles. The molecule has 0 nitrogen and oxygen atoms in total. The summed E-state index contributed by atoms with van der Waals surface area (Å²) in [4.78, 5) is 0. The second kappa shape index (κ2) is 7.54. The van der Waals surface area contributed by atoms with Crippen molar-refractivity contribution in [3.8, 4) is 33.4 Å². The maximum atomic E-state index is 3.85. The number of hydrogen-bond acceptors (Lipinski definition) is 0. The van der Waals surface area contributed by atoms with Crippen LogP contribution >= 0.6 is 15.9 Å².